The SMILES string of the molecule is Cc1ccc(-c2nn(-c3ccc(F)cc3)cc2C(=O)NCCCN2CCOCC2)cc1. The molecule has 7 heteroatoms. The highest BCUT2D eigenvalue weighted by atomic mass is 19.1. The van der Waals surface area contributed by atoms with Gasteiger partial charge in [0, 0.05) is 31.4 Å². The molecule has 1 aromatic heterocycles. The van der Waals surface area contributed by atoms with Gasteiger partial charge in [0.2, 0.25) is 0 Å². The summed E-state index contributed by atoms with van der Waals surface area (Å²) in [4.78, 5) is 15.3. The first kappa shape index (κ1) is 21.2. The van der Waals surface area contributed by atoms with Gasteiger partial charge < -0.3 is 10.1 Å². The topological polar surface area (TPSA) is 59.4 Å². The summed E-state index contributed by atoms with van der Waals surface area (Å²) in [7, 11) is 0. The van der Waals surface area contributed by atoms with Crippen molar-refractivity contribution in [2.24, 2.45) is 0 Å². The molecule has 2 heterocycles. The van der Waals surface area contributed by atoms with Gasteiger partial charge in [0.25, 0.3) is 5.91 Å². The first-order valence-corrected chi connectivity index (χ1v) is 10.6. The van der Waals surface area contributed by atoms with Gasteiger partial charge in [-0.25, -0.2) is 9.07 Å². The Morgan fingerprint density at radius 3 is 2.52 bits per heavy atom. The van der Waals surface area contributed by atoms with Crippen molar-refractivity contribution in [1.29, 1.82) is 0 Å². The van der Waals surface area contributed by atoms with E-state index in [9.17, 15) is 9.18 Å². The lowest BCUT2D eigenvalue weighted by molar-refractivity contribution is 0.0374. The highest BCUT2D eigenvalue weighted by Crippen LogP contribution is 2.24. The molecule has 2 aromatic carbocycles. The summed E-state index contributed by atoms with van der Waals surface area (Å²) in [6.07, 6.45) is 2.58. The Labute approximate surface area is 181 Å². The standard InChI is InChI=1S/C24H27FN4O2/c1-18-3-5-19(6-4-18)23-22(17-29(27-23)21-9-7-20(25)8-10-21)24(30)26-11-2-12-28-13-15-31-16-14-28/h3-10,17H,2,11-16H2,1H3,(H,26,30). The van der Waals surface area contributed by atoms with E-state index < -0.39 is 0 Å². The maximum Gasteiger partial charge on any atom is 0.255 e. The van der Waals surface area contributed by atoms with Crippen molar-refractivity contribution < 1.29 is 13.9 Å². The summed E-state index contributed by atoms with van der Waals surface area (Å²) >= 11 is 0. The Bertz CT molecular complexity index is 1010. The molecule has 1 saturated heterocycles. The molecule has 31 heavy (non-hydrogen) atoms. The van der Waals surface area contributed by atoms with Gasteiger partial charge >= 0.3 is 0 Å². The van der Waals surface area contributed by atoms with Gasteiger partial charge in [-0.15, -0.1) is 0 Å². The van der Waals surface area contributed by atoms with Crippen LogP contribution in [0.2, 0.25) is 0 Å². The van der Waals surface area contributed by atoms with Gasteiger partial charge in [-0.2, -0.15) is 5.10 Å². The van der Waals surface area contributed by atoms with Crippen molar-refractivity contribution in [3.05, 3.63) is 71.7 Å². The van der Waals surface area contributed by atoms with Crippen LogP contribution in [0.15, 0.2) is 54.7 Å². The summed E-state index contributed by atoms with van der Waals surface area (Å²) in [6, 6.07) is 14.0. The van der Waals surface area contributed by atoms with Gasteiger partial charge in [-0.1, -0.05) is 29.8 Å². The number of morpholine rings is 1. The normalized spacial score (nSPS) is 14.5. The van der Waals surface area contributed by atoms with Crippen LogP contribution in [0, 0.1) is 12.7 Å². The van der Waals surface area contributed by atoms with Crippen LogP contribution in [0.25, 0.3) is 16.9 Å². The Morgan fingerprint density at radius 2 is 1.81 bits per heavy atom. The molecule has 1 aliphatic rings. The summed E-state index contributed by atoms with van der Waals surface area (Å²) in [5.74, 6) is -0.473. The van der Waals surface area contributed by atoms with Crippen molar-refractivity contribution in [1.82, 2.24) is 20.0 Å². The van der Waals surface area contributed by atoms with Crippen molar-refractivity contribution in [3.8, 4) is 16.9 Å². The molecule has 0 unspecified atom stereocenters. The summed E-state index contributed by atoms with van der Waals surface area (Å²) in [5.41, 5.74) is 3.80. The Kier molecular flexibility index (Phi) is 6.74. The van der Waals surface area contributed by atoms with E-state index in [-0.39, 0.29) is 11.7 Å². The molecule has 0 atom stereocenters. The highest BCUT2D eigenvalue weighted by molar-refractivity contribution is 5.99. The quantitative estimate of drug-likeness (QED) is 0.593. The van der Waals surface area contributed by atoms with E-state index in [1.807, 2.05) is 31.2 Å². The van der Waals surface area contributed by atoms with Crippen molar-refractivity contribution in [3.63, 3.8) is 0 Å². The number of carbonyl (C=O) groups is 1. The van der Waals surface area contributed by atoms with E-state index in [0.717, 1.165) is 50.4 Å². The van der Waals surface area contributed by atoms with Crippen LogP contribution >= 0.6 is 0 Å². The third kappa shape index (κ3) is 5.37. The number of halogens is 1. The predicted molar refractivity (Wildman–Crippen MR) is 118 cm³/mol. The number of nitrogens with one attached hydrogen (secondary N) is 1. The van der Waals surface area contributed by atoms with E-state index in [1.165, 1.54) is 12.1 Å². The number of ether oxygens (including phenoxy) is 1. The number of hydrogen-bond donors (Lipinski definition) is 1. The summed E-state index contributed by atoms with van der Waals surface area (Å²) in [5, 5.41) is 7.67. The van der Waals surface area contributed by atoms with Crippen molar-refractivity contribution in [2.45, 2.75) is 13.3 Å². The van der Waals surface area contributed by atoms with Crippen LogP contribution in [-0.2, 0) is 4.74 Å². The molecule has 1 amide bonds. The molecule has 1 aliphatic heterocycles. The number of hydrogen-bond acceptors (Lipinski definition) is 4. The second-order valence-electron chi connectivity index (χ2n) is 7.74. The minimum atomic E-state index is -0.312. The van der Waals surface area contributed by atoms with Gasteiger partial charge in [0.15, 0.2) is 0 Å². The molecule has 1 N–H and O–H groups in total. The van der Waals surface area contributed by atoms with E-state index in [1.54, 1.807) is 23.0 Å². The maximum atomic E-state index is 13.3. The second kappa shape index (κ2) is 9.85. The average Bonchev–Trinajstić information content (AvgIpc) is 3.24. The lowest BCUT2D eigenvalue weighted by Gasteiger charge is -2.26. The minimum absolute atomic E-state index is 0.161. The fourth-order valence-corrected chi connectivity index (χ4v) is 3.62. The molecule has 0 aliphatic carbocycles. The molecular weight excluding hydrogens is 395 g/mol. The first-order valence-electron chi connectivity index (χ1n) is 10.6. The van der Waals surface area contributed by atoms with Crippen LogP contribution in [0.5, 0.6) is 0 Å². The maximum absolute atomic E-state index is 13.3. The lowest BCUT2D eigenvalue weighted by atomic mass is 10.1. The molecule has 3 aromatic rings. The Balaban J connectivity index is 1.50. The molecule has 0 radical (unpaired) electrons. The van der Waals surface area contributed by atoms with Crippen LogP contribution in [-0.4, -0.2) is 60.0 Å². The van der Waals surface area contributed by atoms with E-state index in [4.69, 9.17) is 4.74 Å². The third-order valence-electron chi connectivity index (χ3n) is 5.42. The van der Waals surface area contributed by atoms with Crippen molar-refractivity contribution in [2.75, 3.05) is 39.4 Å². The fourth-order valence-electron chi connectivity index (χ4n) is 3.62. The zero-order valence-electron chi connectivity index (χ0n) is 17.7. The molecule has 162 valence electrons. The fraction of sp³-hybridized carbons (Fsp3) is 0.333. The molecule has 6 nitrogen and oxygen atoms in total. The number of carbonyl (C=O) groups excluding carboxylic acids is 1. The van der Waals surface area contributed by atoms with E-state index in [0.29, 0.717) is 23.5 Å². The Hall–Kier alpha value is -3.03. The number of amides is 1. The van der Waals surface area contributed by atoms with Gasteiger partial charge in [-0.05, 0) is 44.2 Å². The van der Waals surface area contributed by atoms with Gasteiger partial charge in [0.1, 0.15) is 11.5 Å². The zero-order valence-corrected chi connectivity index (χ0v) is 17.7. The summed E-state index contributed by atoms with van der Waals surface area (Å²) in [6.45, 7) is 6.97. The monoisotopic (exact) mass is 422 g/mol. The molecule has 0 spiro atoms. The predicted octanol–water partition coefficient (Wildman–Crippen LogP) is 3.44. The smallest absolute Gasteiger partial charge is 0.255 e. The second-order valence-corrected chi connectivity index (χ2v) is 7.74. The Morgan fingerprint density at radius 1 is 1.10 bits per heavy atom. The third-order valence-corrected chi connectivity index (χ3v) is 5.42. The molecular formula is C24H27FN4O2. The van der Waals surface area contributed by atoms with Crippen LogP contribution in [0.4, 0.5) is 4.39 Å². The van der Waals surface area contributed by atoms with Crippen LogP contribution in [0.1, 0.15) is 22.3 Å². The highest BCUT2D eigenvalue weighted by Gasteiger charge is 2.19. The molecule has 0 bridgehead atoms. The zero-order chi connectivity index (χ0) is 21.6. The number of nitrogens with zero attached hydrogens (tertiary/aromatic N) is 3. The van der Waals surface area contributed by atoms with E-state index in [2.05, 4.69) is 15.3 Å². The number of aryl methyl sites for hydroxylation is 1. The van der Waals surface area contributed by atoms with Crippen LogP contribution in [0.3, 0.4) is 0 Å². The van der Waals surface area contributed by atoms with Gasteiger partial charge in [0.05, 0.1) is 24.5 Å². The number of aromatic nitrogens is 2. The van der Waals surface area contributed by atoms with E-state index >= 15 is 0 Å². The first-order chi connectivity index (χ1) is 15.1. The number of rotatable bonds is 7. The molecule has 4 rings (SSSR count). The van der Waals surface area contributed by atoms with Crippen LogP contribution < -0.4 is 5.32 Å². The average molecular weight is 423 g/mol. The molecule has 0 saturated carbocycles. The van der Waals surface area contributed by atoms with Crippen molar-refractivity contribution >= 4 is 5.91 Å². The molecule has 1 fully saturated rings. The number of benzene rings is 2. The lowest BCUT2D eigenvalue weighted by Crippen LogP contribution is -2.38. The summed E-state index contributed by atoms with van der Waals surface area (Å²) < 4.78 is 20.3. The van der Waals surface area contributed by atoms with Gasteiger partial charge in [-0.3, -0.25) is 9.69 Å². The largest absolute Gasteiger partial charge is 0.379 e. The minimum Gasteiger partial charge on any atom is -0.379 e.